The van der Waals surface area contributed by atoms with Gasteiger partial charge in [-0.05, 0) is 53.5 Å². The molecule has 18 heavy (non-hydrogen) atoms. The van der Waals surface area contributed by atoms with Crippen molar-refractivity contribution in [1.29, 1.82) is 0 Å². The fraction of sp³-hybridized carbons (Fsp3) is 0.417. The van der Waals surface area contributed by atoms with Crippen LogP contribution in [0.4, 0.5) is 4.39 Å². The summed E-state index contributed by atoms with van der Waals surface area (Å²) in [6.07, 6.45) is 3.58. The number of aromatic nitrogens is 2. The van der Waals surface area contributed by atoms with E-state index in [9.17, 15) is 4.39 Å². The molecule has 3 nitrogen and oxygen atoms in total. The third kappa shape index (κ3) is 1.97. The number of nitrogens with zero attached hydrogens (tertiary/aromatic N) is 2. The van der Waals surface area contributed by atoms with Crippen molar-refractivity contribution >= 4 is 39.2 Å². The highest BCUT2D eigenvalue weighted by Crippen LogP contribution is 2.24. The molecule has 2 aromatic rings. The Morgan fingerprint density at radius 3 is 2.67 bits per heavy atom. The monoisotopic (exact) mass is 329 g/mol. The molecule has 0 saturated carbocycles. The Morgan fingerprint density at radius 1 is 1.22 bits per heavy atom. The first-order valence-electron chi connectivity index (χ1n) is 6.02. The van der Waals surface area contributed by atoms with Gasteiger partial charge >= 0.3 is 0 Å². The smallest absolute Gasteiger partial charge is 0.197 e. The summed E-state index contributed by atoms with van der Waals surface area (Å²) < 4.78 is 16.7. The van der Waals surface area contributed by atoms with Crippen LogP contribution in [-0.2, 0) is 0 Å². The number of H-pyrrole nitrogens is 1. The molecule has 3 rings (SSSR count). The number of aromatic amines is 1. The Morgan fingerprint density at radius 2 is 1.94 bits per heavy atom. The van der Waals surface area contributed by atoms with Crippen LogP contribution in [0.3, 0.4) is 0 Å². The molecule has 0 atom stereocenters. The van der Waals surface area contributed by atoms with Crippen LogP contribution in [0.1, 0.15) is 19.3 Å². The second kappa shape index (κ2) is 4.66. The minimum Gasteiger partial charge on any atom is -0.329 e. The maximum absolute atomic E-state index is 13.7. The summed E-state index contributed by atoms with van der Waals surface area (Å²) in [6, 6.07) is 3.27. The molecule has 0 spiro atoms. The number of halogens is 2. The van der Waals surface area contributed by atoms with Crippen LogP contribution >= 0.6 is 28.1 Å². The first kappa shape index (κ1) is 12.2. The molecule has 96 valence electrons. The van der Waals surface area contributed by atoms with E-state index in [0.29, 0.717) is 9.24 Å². The van der Waals surface area contributed by atoms with Gasteiger partial charge in [-0.3, -0.25) is 0 Å². The van der Waals surface area contributed by atoms with E-state index < -0.39 is 0 Å². The number of imidazole rings is 1. The van der Waals surface area contributed by atoms with Gasteiger partial charge in [-0.1, -0.05) is 0 Å². The lowest BCUT2D eigenvalue weighted by molar-refractivity contribution is 0.482. The van der Waals surface area contributed by atoms with Crippen LogP contribution in [-0.4, -0.2) is 22.7 Å². The van der Waals surface area contributed by atoms with Gasteiger partial charge in [0.25, 0.3) is 0 Å². The maximum Gasteiger partial charge on any atom is 0.197 e. The van der Waals surface area contributed by atoms with Gasteiger partial charge in [0.15, 0.2) is 4.77 Å². The summed E-state index contributed by atoms with van der Waals surface area (Å²) >= 11 is 8.54. The van der Waals surface area contributed by atoms with Gasteiger partial charge in [-0.2, -0.15) is 0 Å². The van der Waals surface area contributed by atoms with Crippen LogP contribution in [0, 0.1) is 10.6 Å². The van der Waals surface area contributed by atoms with Crippen molar-refractivity contribution in [1.82, 2.24) is 9.66 Å². The molecule has 0 unspecified atom stereocenters. The van der Waals surface area contributed by atoms with Crippen LogP contribution in [0.25, 0.3) is 11.0 Å². The summed E-state index contributed by atoms with van der Waals surface area (Å²) in [7, 11) is 0. The number of benzene rings is 1. The number of fused-ring (bicyclic) bond motifs is 1. The van der Waals surface area contributed by atoms with Gasteiger partial charge in [-0.15, -0.1) is 0 Å². The van der Waals surface area contributed by atoms with E-state index in [0.717, 1.165) is 37.0 Å². The lowest BCUT2D eigenvalue weighted by atomic mass is 10.2. The number of rotatable bonds is 1. The van der Waals surface area contributed by atoms with E-state index in [1.54, 1.807) is 6.07 Å². The zero-order chi connectivity index (χ0) is 12.7. The first-order chi connectivity index (χ1) is 8.66. The molecule has 0 aliphatic carbocycles. The topological polar surface area (TPSA) is 24.0 Å². The highest BCUT2D eigenvalue weighted by atomic mass is 79.9. The van der Waals surface area contributed by atoms with E-state index in [1.165, 1.54) is 12.5 Å². The zero-order valence-electron chi connectivity index (χ0n) is 9.75. The van der Waals surface area contributed by atoms with E-state index in [4.69, 9.17) is 12.2 Å². The Kier molecular flexibility index (Phi) is 3.15. The number of hydrogen-bond donors (Lipinski definition) is 1. The molecule has 1 fully saturated rings. The van der Waals surface area contributed by atoms with Crippen LogP contribution in [0.2, 0.25) is 0 Å². The molecule has 1 aromatic heterocycles. The Hall–Kier alpha value is -0.880. The van der Waals surface area contributed by atoms with Crippen molar-refractivity contribution in [2.24, 2.45) is 0 Å². The predicted molar refractivity (Wildman–Crippen MR) is 76.6 cm³/mol. The van der Waals surface area contributed by atoms with Crippen molar-refractivity contribution in [2.75, 3.05) is 18.1 Å². The Bertz CT molecular complexity index is 643. The molecular weight excluding hydrogens is 317 g/mol. The van der Waals surface area contributed by atoms with Gasteiger partial charge in [0, 0.05) is 19.2 Å². The van der Waals surface area contributed by atoms with Crippen molar-refractivity contribution < 1.29 is 4.39 Å². The standard InChI is InChI=1S/C12H13BrFN3S/c13-8-6-10-11(7-9(8)14)17(12(18)15-10)16-4-2-1-3-5-16/h6-7H,1-5H2,(H,15,18). The minimum absolute atomic E-state index is 0.262. The molecule has 0 amide bonds. The fourth-order valence-corrected chi connectivity index (χ4v) is 3.11. The Labute approximate surface area is 118 Å². The van der Waals surface area contributed by atoms with Crippen LogP contribution in [0.15, 0.2) is 16.6 Å². The molecule has 2 heterocycles. The van der Waals surface area contributed by atoms with Gasteiger partial charge in [0.1, 0.15) is 5.82 Å². The zero-order valence-corrected chi connectivity index (χ0v) is 12.2. The highest BCUT2D eigenvalue weighted by molar-refractivity contribution is 9.10. The molecule has 6 heteroatoms. The van der Waals surface area contributed by atoms with Crippen molar-refractivity contribution in [3.63, 3.8) is 0 Å². The second-order valence-electron chi connectivity index (χ2n) is 4.54. The molecule has 1 N–H and O–H groups in total. The first-order valence-corrected chi connectivity index (χ1v) is 7.22. The van der Waals surface area contributed by atoms with Gasteiger partial charge in [0.2, 0.25) is 0 Å². The second-order valence-corrected chi connectivity index (χ2v) is 5.78. The normalized spacial score (nSPS) is 16.4. The molecule has 0 bridgehead atoms. The minimum atomic E-state index is -0.262. The summed E-state index contributed by atoms with van der Waals surface area (Å²) in [5, 5.41) is 2.19. The van der Waals surface area contributed by atoms with Gasteiger partial charge in [-0.25, -0.2) is 9.07 Å². The molecule has 1 aliphatic rings. The third-order valence-corrected chi connectivity index (χ3v) is 4.20. The lowest BCUT2D eigenvalue weighted by Crippen LogP contribution is -2.39. The predicted octanol–water partition coefficient (Wildman–Crippen LogP) is 3.72. The summed E-state index contributed by atoms with van der Waals surface area (Å²) in [4.78, 5) is 3.13. The average molecular weight is 330 g/mol. The van der Waals surface area contributed by atoms with Gasteiger partial charge < -0.3 is 9.99 Å². The number of nitrogens with one attached hydrogen (secondary N) is 1. The number of hydrogen-bond acceptors (Lipinski definition) is 2. The highest BCUT2D eigenvalue weighted by Gasteiger charge is 2.16. The maximum atomic E-state index is 13.7. The van der Waals surface area contributed by atoms with E-state index in [1.807, 2.05) is 4.68 Å². The summed E-state index contributed by atoms with van der Waals surface area (Å²) in [6.45, 7) is 1.94. The molecular formula is C12H13BrFN3S. The Balaban J connectivity index is 2.18. The third-order valence-electron chi connectivity index (χ3n) is 3.32. The quantitative estimate of drug-likeness (QED) is 0.806. The molecule has 1 saturated heterocycles. The van der Waals surface area contributed by atoms with Crippen LogP contribution < -0.4 is 5.01 Å². The number of piperidine rings is 1. The average Bonchev–Trinajstić information content (AvgIpc) is 2.66. The van der Waals surface area contributed by atoms with Crippen LogP contribution in [0.5, 0.6) is 0 Å². The SMILES string of the molecule is Fc1cc2c(cc1Br)[nH]c(=S)n2N1CCCCC1. The van der Waals surface area contributed by atoms with E-state index >= 15 is 0 Å². The lowest BCUT2D eigenvalue weighted by Gasteiger charge is -2.29. The van der Waals surface area contributed by atoms with E-state index in [-0.39, 0.29) is 5.82 Å². The summed E-state index contributed by atoms with van der Waals surface area (Å²) in [5.74, 6) is -0.262. The fourth-order valence-electron chi connectivity index (χ4n) is 2.45. The molecule has 1 aromatic carbocycles. The van der Waals surface area contributed by atoms with Gasteiger partial charge in [0.05, 0.1) is 15.5 Å². The summed E-state index contributed by atoms with van der Waals surface area (Å²) in [5.41, 5.74) is 1.67. The van der Waals surface area contributed by atoms with Crippen molar-refractivity contribution in [3.8, 4) is 0 Å². The van der Waals surface area contributed by atoms with E-state index in [2.05, 4.69) is 25.9 Å². The van der Waals surface area contributed by atoms with Crippen molar-refractivity contribution in [3.05, 3.63) is 27.2 Å². The molecule has 1 aliphatic heterocycles. The van der Waals surface area contributed by atoms with Crippen molar-refractivity contribution in [2.45, 2.75) is 19.3 Å². The molecule has 0 radical (unpaired) electrons. The largest absolute Gasteiger partial charge is 0.329 e.